The van der Waals surface area contributed by atoms with E-state index in [0.717, 1.165) is 51.5 Å². The zero-order valence-electron chi connectivity index (χ0n) is 19.6. The number of aromatic nitrogens is 3. The van der Waals surface area contributed by atoms with Gasteiger partial charge >= 0.3 is 5.97 Å². The number of hydrogen-bond donors (Lipinski definition) is 2. The van der Waals surface area contributed by atoms with Crippen LogP contribution < -0.4 is 10.1 Å². The molecule has 4 aromatic rings. The number of nitrogens with one attached hydrogen (secondary N) is 1. The summed E-state index contributed by atoms with van der Waals surface area (Å²) in [5.41, 5.74) is 6.09. The smallest absolute Gasteiger partial charge is 0.337 e. The fourth-order valence-corrected chi connectivity index (χ4v) is 4.47. The van der Waals surface area contributed by atoms with Gasteiger partial charge in [-0.05, 0) is 43.7 Å². The van der Waals surface area contributed by atoms with E-state index < -0.39 is 5.97 Å². The Morgan fingerprint density at radius 1 is 1.12 bits per heavy atom. The third-order valence-corrected chi connectivity index (χ3v) is 6.31. The number of aromatic carboxylic acids is 1. The number of carbonyl (C=O) groups is 1. The van der Waals surface area contributed by atoms with Crippen molar-refractivity contribution in [3.63, 3.8) is 0 Å². The van der Waals surface area contributed by atoms with E-state index in [1.165, 1.54) is 0 Å². The molecule has 0 saturated carbocycles. The molecule has 7 heteroatoms. The topological polar surface area (TPSA) is 81.3 Å². The SMILES string of the molecule is COc1cccc(Cn2c(C)c(CNCCc3nc4ccccc4n3C)c(C(=O)O)c2C)c1. The maximum Gasteiger partial charge on any atom is 0.337 e. The maximum absolute atomic E-state index is 12.1. The van der Waals surface area contributed by atoms with Gasteiger partial charge in [0.1, 0.15) is 11.6 Å². The third kappa shape index (κ3) is 4.50. The van der Waals surface area contributed by atoms with Crippen LogP contribution in [0.25, 0.3) is 11.0 Å². The molecule has 7 nitrogen and oxygen atoms in total. The van der Waals surface area contributed by atoms with Crippen LogP contribution in [0, 0.1) is 13.8 Å². The summed E-state index contributed by atoms with van der Waals surface area (Å²) in [6, 6.07) is 15.9. The number of carboxylic acid groups (broad SMARTS) is 1. The van der Waals surface area contributed by atoms with Crippen LogP contribution in [-0.4, -0.2) is 38.8 Å². The highest BCUT2D eigenvalue weighted by atomic mass is 16.5. The Balaban J connectivity index is 1.50. The summed E-state index contributed by atoms with van der Waals surface area (Å²) in [7, 11) is 3.67. The molecule has 0 unspecified atom stereocenters. The number of rotatable bonds is 9. The number of ether oxygens (including phenoxy) is 1. The van der Waals surface area contributed by atoms with E-state index in [9.17, 15) is 9.90 Å². The lowest BCUT2D eigenvalue weighted by Crippen LogP contribution is -2.20. The van der Waals surface area contributed by atoms with Crippen molar-refractivity contribution in [2.75, 3.05) is 13.7 Å². The highest BCUT2D eigenvalue weighted by molar-refractivity contribution is 5.91. The Bertz CT molecular complexity index is 1300. The second-order valence-electron chi connectivity index (χ2n) is 8.27. The minimum absolute atomic E-state index is 0.380. The van der Waals surface area contributed by atoms with Gasteiger partial charge in [-0.1, -0.05) is 24.3 Å². The van der Waals surface area contributed by atoms with Crippen LogP contribution in [0.4, 0.5) is 0 Å². The van der Waals surface area contributed by atoms with Crippen LogP contribution >= 0.6 is 0 Å². The van der Waals surface area contributed by atoms with Crippen LogP contribution in [0.5, 0.6) is 5.75 Å². The number of benzene rings is 2. The largest absolute Gasteiger partial charge is 0.497 e. The van der Waals surface area contributed by atoms with Crippen molar-refractivity contribution in [1.82, 2.24) is 19.4 Å². The predicted octanol–water partition coefficient (Wildman–Crippen LogP) is 4.08. The third-order valence-electron chi connectivity index (χ3n) is 6.31. The molecule has 0 aliphatic rings. The lowest BCUT2D eigenvalue weighted by Gasteiger charge is -2.11. The summed E-state index contributed by atoms with van der Waals surface area (Å²) in [5, 5.41) is 13.3. The van der Waals surface area contributed by atoms with Gasteiger partial charge in [-0.3, -0.25) is 0 Å². The molecule has 172 valence electrons. The van der Waals surface area contributed by atoms with E-state index in [4.69, 9.17) is 9.72 Å². The van der Waals surface area contributed by atoms with E-state index in [1.54, 1.807) is 7.11 Å². The maximum atomic E-state index is 12.1. The molecule has 0 bridgehead atoms. The fourth-order valence-electron chi connectivity index (χ4n) is 4.47. The second-order valence-corrected chi connectivity index (χ2v) is 8.27. The summed E-state index contributed by atoms with van der Waals surface area (Å²) in [6.45, 7) is 5.65. The van der Waals surface area contributed by atoms with E-state index in [0.29, 0.717) is 25.2 Å². The second kappa shape index (κ2) is 9.50. The van der Waals surface area contributed by atoms with E-state index in [2.05, 4.69) is 20.5 Å². The first kappa shape index (κ1) is 22.6. The molecule has 2 N–H and O–H groups in total. The van der Waals surface area contributed by atoms with Crippen molar-refractivity contribution in [1.29, 1.82) is 0 Å². The first-order valence-electron chi connectivity index (χ1n) is 11.1. The lowest BCUT2D eigenvalue weighted by molar-refractivity contribution is 0.0694. The van der Waals surface area contributed by atoms with Crippen molar-refractivity contribution in [2.24, 2.45) is 7.05 Å². The van der Waals surface area contributed by atoms with Crippen LogP contribution in [0.1, 0.15) is 38.7 Å². The van der Waals surface area contributed by atoms with E-state index in [-0.39, 0.29) is 0 Å². The summed E-state index contributed by atoms with van der Waals surface area (Å²) in [6.07, 6.45) is 0.760. The number of hydrogen-bond acceptors (Lipinski definition) is 4. The molecule has 0 aliphatic carbocycles. The van der Waals surface area contributed by atoms with Gasteiger partial charge in [0.15, 0.2) is 0 Å². The van der Waals surface area contributed by atoms with Gasteiger partial charge in [0.25, 0.3) is 0 Å². The van der Waals surface area contributed by atoms with Crippen molar-refractivity contribution >= 4 is 17.0 Å². The summed E-state index contributed by atoms with van der Waals surface area (Å²) in [4.78, 5) is 16.8. The van der Waals surface area contributed by atoms with Gasteiger partial charge < -0.3 is 24.3 Å². The van der Waals surface area contributed by atoms with Gasteiger partial charge in [0.2, 0.25) is 0 Å². The number of imidazole rings is 1. The molecule has 2 heterocycles. The van der Waals surface area contributed by atoms with Gasteiger partial charge in [-0.15, -0.1) is 0 Å². The molecule has 0 spiro atoms. The van der Waals surface area contributed by atoms with Crippen LogP contribution in [0.15, 0.2) is 48.5 Å². The minimum Gasteiger partial charge on any atom is -0.497 e. The average molecular weight is 447 g/mol. The quantitative estimate of drug-likeness (QED) is 0.379. The summed E-state index contributed by atoms with van der Waals surface area (Å²) >= 11 is 0. The minimum atomic E-state index is -0.896. The Morgan fingerprint density at radius 2 is 1.91 bits per heavy atom. The molecule has 0 aliphatic heterocycles. The van der Waals surface area contributed by atoms with Crippen molar-refractivity contribution < 1.29 is 14.6 Å². The summed E-state index contributed by atoms with van der Waals surface area (Å²) < 4.78 is 9.51. The van der Waals surface area contributed by atoms with Gasteiger partial charge in [-0.25, -0.2) is 9.78 Å². The Kier molecular flexibility index (Phi) is 6.51. The molecule has 2 aromatic heterocycles. The van der Waals surface area contributed by atoms with Gasteiger partial charge in [0, 0.05) is 50.1 Å². The summed E-state index contributed by atoms with van der Waals surface area (Å²) in [5.74, 6) is 0.898. The first-order valence-corrected chi connectivity index (χ1v) is 11.1. The number of carboxylic acids is 1. The predicted molar refractivity (Wildman–Crippen MR) is 129 cm³/mol. The highest BCUT2D eigenvalue weighted by Gasteiger charge is 2.22. The zero-order valence-corrected chi connectivity index (χ0v) is 19.6. The number of nitrogens with zero attached hydrogens (tertiary/aromatic N) is 3. The van der Waals surface area contributed by atoms with Gasteiger partial charge in [-0.2, -0.15) is 0 Å². The Labute approximate surface area is 193 Å². The number of methoxy groups -OCH3 is 1. The Morgan fingerprint density at radius 3 is 2.64 bits per heavy atom. The normalized spacial score (nSPS) is 11.3. The van der Waals surface area contributed by atoms with Gasteiger partial charge in [0.05, 0.1) is 23.7 Å². The van der Waals surface area contributed by atoms with E-state index in [1.807, 2.05) is 63.4 Å². The first-order chi connectivity index (χ1) is 15.9. The number of fused-ring (bicyclic) bond motifs is 1. The zero-order chi connectivity index (χ0) is 23.5. The van der Waals surface area contributed by atoms with Crippen LogP contribution in [0.2, 0.25) is 0 Å². The monoisotopic (exact) mass is 446 g/mol. The number of aryl methyl sites for hydroxylation is 1. The van der Waals surface area contributed by atoms with Crippen molar-refractivity contribution in [3.8, 4) is 5.75 Å². The molecule has 0 radical (unpaired) electrons. The molecule has 0 amide bonds. The van der Waals surface area contributed by atoms with Crippen molar-refractivity contribution in [3.05, 3.63) is 82.4 Å². The van der Waals surface area contributed by atoms with Crippen LogP contribution in [0.3, 0.4) is 0 Å². The molecule has 33 heavy (non-hydrogen) atoms. The van der Waals surface area contributed by atoms with E-state index >= 15 is 0 Å². The molecule has 0 atom stereocenters. The average Bonchev–Trinajstić information content (AvgIpc) is 3.25. The molecule has 0 fully saturated rings. The fraction of sp³-hybridized carbons (Fsp3) is 0.308. The molecule has 4 rings (SSSR count). The van der Waals surface area contributed by atoms with Crippen LogP contribution in [-0.2, 0) is 26.6 Å². The molecular formula is C26H30N4O3. The van der Waals surface area contributed by atoms with Crippen molar-refractivity contribution in [2.45, 2.75) is 33.4 Å². The number of para-hydroxylation sites is 2. The Hall–Kier alpha value is -3.58. The molecule has 0 saturated heterocycles. The highest BCUT2D eigenvalue weighted by Crippen LogP contribution is 2.25. The molecular weight excluding hydrogens is 416 g/mol. The molecule has 2 aromatic carbocycles. The standard InChI is InChI=1S/C26H30N4O3/c1-17-21(15-27-13-12-24-28-22-10-5-6-11-23(22)29(24)3)25(26(31)32)18(2)30(17)16-19-8-7-9-20(14-19)33-4/h5-11,14,27H,12-13,15-16H2,1-4H3,(H,31,32). The lowest BCUT2D eigenvalue weighted by atomic mass is 10.1.